The highest BCUT2D eigenvalue weighted by molar-refractivity contribution is 5.37. The van der Waals surface area contributed by atoms with Crippen molar-refractivity contribution in [2.75, 3.05) is 6.61 Å². The highest BCUT2D eigenvalue weighted by Crippen LogP contribution is 2.40. The number of rotatable bonds is 8. The van der Waals surface area contributed by atoms with E-state index in [-0.39, 0.29) is 0 Å². The van der Waals surface area contributed by atoms with Crippen LogP contribution in [0.1, 0.15) is 70.6 Å². The van der Waals surface area contributed by atoms with Crippen LogP contribution in [0.25, 0.3) is 0 Å². The Kier molecular flexibility index (Phi) is 9.11. The zero-order chi connectivity index (χ0) is 22.1. The van der Waals surface area contributed by atoms with Crippen LogP contribution in [0, 0.1) is 19.3 Å². The van der Waals surface area contributed by atoms with Gasteiger partial charge in [-0.3, -0.25) is 0 Å². The fourth-order valence-electron chi connectivity index (χ4n) is 4.02. The van der Waals surface area contributed by atoms with E-state index in [4.69, 9.17) is 4.74 Å². The lowest BCUT2D eigenvalue weighted by atomic mass is 9.72. The summed E-state index contributed by atoms with van der Waals surface area (Å²) in [6, 6.07) is 6.51. The lowest BCUT2D eigenvalue weighted by Crippen LogP contribution is -2.19. The summed E-state index contributed by atoms with van der Waals surface area (Å²) < 4.78 is 5.85. The Morgan fingerprint density at radius 3 is 2.57 bits per heavy atom. The van der Waals surface area contributed by atoms with Gasteiger partial charge in [-0.25, -0.2) is 0 Å². The van der Waals surface area contributed by atoms with Crippen molar-refractivity contribution in [2.24, 2.45) is 5.41 Å². The summed E-state index contributed by atoms with van der Waals surface area (Å²) in [5.74, 6) is 0. The van der Waals surface area contributed by atoms with Crippen LogP contribution in [-0.2, 0) is 11.3 Å². The zero-order valence-corrected chi connectivity index (χ0v) is 20.1. The molecule has 1 nitrogen and oxygen atoms in total. The van der Waals surface area contributed by atoms with E-state index in [2.05, 4.69) is 103 Å². The molecule has 0 spiro atoms. The molecule has 0 atom stereocenters. The van der Waals surface area contributed by atoms with Crippen molar-refractivity contribution in [1.29, 1.82) is 0 Å². The van der Waals surface area contributed by atoms with E-state index in [0.29, 0.717) is 18.6 Å². The van der Waals surface area contributed by atoms with Gasteiger partial charge in [0.25, 0.3) is 0 Å². The van der Waals surface area contributed by atoms with Crippen LogP contribution in [0.4, 0.5) is 0 Å². The summed E-state index contributed by atoms with van der Waals surface area (Å²) in [4.78, 5) is 0. The maximum absolute atomic E-state index is 5.85. The van der Waals surface area contributed by atoms with Crippen molar-refractivity contribution in [3.63, 3.8) is 0 Å². The van der Waals surface area contributed by atoms with E-state index >= 15 is 0 Å². The second-order valence-electron chi connectivity index (χ2n) is 9.43. The van der Waals surface area contributed by atoms with E-state index in [9.17, 15) is 0 Å². The molecule has 1 heteroatoms. The molecule has 0 heterocycles. The quantitative estimate of drug-likeness (QED) is 0.312. The van der Waals surface area contributed by atoms with Crippen molar-refractivity contribution in [3.8, 4) is 0 Å². The molecule has 0 saturated heterocycles. The topological polar surface area (TPSA) is 9.23 Å². The summed E-state index contributed by atoms with van der Waals surface area (Å²) in [6.45, 7) is 16.9. The normalized spacial score (nSPS) is 18.1. The first kappa shape index (κ1) is 24.2. The molecule has 0 saturated carbocycles. The average Bonchev–Trinajstić information content (AvgIpc) is 2.67. The Balaban J connectivity index is 1.85. The van der Waals surface area contributed by atoms with Crippen molar-refractivity contribution >= 4 is 0 Å². The highest BCUT2D eigenvalue weighted by atomic mass is 16.5. The van der Waals surface area contributed by atoms with E-state index in [1.54, 1.807) is 5.57 Å². The summed E-state index contributed by atoms with van der Waals surface area (Å²) in [7, 11) is 0. The second kappa shape index (κ2) is 11.3. The minimum absolute atomic E-state index is 0.297. The standard InChI is InChI=1S/C29H40O/c1-22(14-16-28-26(5)12-9-18-29(28,6)7)10-8-11-23(2)17-19-30-21-27-20-24(3)13-15-25(27)4/h8,10-11,13-17,20H,9,12,18-19,21H2,1-7H3/b11-8+,16-14+,22-10+,23-17+. The summed E-state index contributed by atoms with van der Waals surface area (Å²) >= 11 is 0. The molecule has 0 bridgehead atoms. The summed E-state index contributed by atoms with van der Waals surface area (Å²) in [5, 5.41) is 0. The van der Waals surface area contributed by atoms with Gasteiger partial charge in [0.15, 0.2) is 0 Å². The van der Waals surface area contributed by atoms with Gasteiger partial charge in [0.1, 0.15) is 0 Å². The Bertz CT molecular complexity index is 872. The predicted molar refractivity (Wildman–Crippen MR) is 132 cm³/mol. The second-order valence-corrected chi connectivity index (χ2v) is 9.43. The van der Waals surface area contributed by atoms with Gasteiger partial charge >= 0.3 is 0 Å². The average molecular weight is 405 g/mol. The van der Waals surface area contributed by atoms with Crippen molar-refractivity contribution < 1.29 is 4.74 Å². The number of ether oxygens (including phenoxy) is 1. The maximum atomic E-state index is 5.85. The van der Waals surface area contributed by atoms with Crippen LogP contribution in [0.5, 0.6) is 0 Å². The maximum Gasteiger partial charge on any atom is 0.0723 e. The van der Waals surface area contributed by atoms with Crippen molar-refractivity contribution in [3.05, 3.63) is 93.6 Å². The Hall–Kier alpha value is -2.12. The molecule has 1 aliphatic rings. The molecule has 162 valence electrons. The molecule has 0 N–H and O–H groups in total. The van der Waals surface area contributed by atoms with Gasteiger partial charge in [-0.1, -0.05) is 90.8 Å². The highest BCUT2D eigenvalue weighted by Gasteiger charge is 2.26. The Morgan fingerprint density at radius 1 is 1.07 bits per heavy atom. The van der Waals surface area contributed by atoms with Gasteiger partial charge in [0, 0.05) is 0 Å². The van der Waals surface area contributed by atoms with E-state index in [1.807, 2.05) is 0 Å². The molecule has 30 heavy (non-hydrogen) atoms. The Labute approximate surface area is 184 Å². The third-order valence-electron chi connectivity index (χ3n) is 6.06. The fourth-order valence-corrected chi connectivity index (χ4v) is 4.02. The van der Waals surface area contributed by atoms with Gasteiger partial charge in [-0.15, -0.1) is 0 Å². The first-order valence-corrected chi connectivity index (χ1v) is 11.2. The summed E-state index contributed by atoms with van der Waals surface area (Å²) in [5.41, 5.74) is 9.69. The Morgan fingerprint density at radius 2 is 1.83 bits per heavy atom. The SMILES string of the molecule is CC1=C(/C=C/C(C)=C/C=C/C(C)=C/COCc2cc(C)ccc2C)C(C)(C)CCC1. The molecule has 0 radical (unpaired) electrons. The molecule has 2 rings (SSSR count). The minimum Gasteiger partial charge on any atom is -0.373 e. The number of aryl methyl sites for hydroxylation is 2. The molecule has 0 amide bonds. The van der Waals surface area contributed by atoms with Crippen LogP contribution >= 0.6 is 0 Å². The van der Waals surface area contributed by atoms with E-state index < -0.39 is 0 Å². The molecule has 0 aromatic heterocycles. The lowest BCUT2D eigenvalue weighted by Gasteiger charge is -2.32. The fraction of sp³-hybridized carbons (Fsp3) is 0.448. The van der Waals surface area contributed by atoms with Gasteiger partial charge in [0.2, 0.25) is 0 Å². The number of allylic oxidation sites excluding steroid dienone is 9. The van der Waals surface area contributed by atoms with Gasteiger partial charge in [0.05, 0.1) is 13.2 Å². The third-order valence-corrected chi connectivity index (χ3v) is 6.06. The number of hydrogen-bond donors (Lipinski definition) is 0. The van der Waals surface area contributed by atoms with Gasteiger partial charge in [-0.05, 0) is 76.0 Å². The van der Waals surface area contributed by atoms with Crippen LogP contribution < -0.4 is 0 Å². The van der Waals surface area contributed by atoms with Gasteiger partial charge in [-0.2, -0.15) is 0 Å². The molecule has 1 aromatic carbocycles. The smallest absolute Gasteiger partial charge is 0.0723 e. The number of hydrogen-bond acceptors (Lipinski definition) is 1. The van der Waals surface area contributed by atoms with Crippen LogP contribution in [0.3, 0.4) is 0 Å². The molecule has 0 aliphatic heterocycles. The first-order chi connectivity index (χ1) is 14.2. The molecular formula is C29H40O. The molecule has 0 fully saturated rings. The van der Waals surface area contributed by atoms with Crippen molar-refractivity contribution in [2.45, 2.75) is 74.3 Å². The largest absolute Gasteiger partial charge is 0.373 e. The van der Waals surface area contributed by atoms with Crippen LogP contribution in [0.2, 0.25) is 0 Å². The third kappa shape index (κ3) is 7.61. The van der Waals surface area contributed by atoms with Gasteiger partial charge < -0.3 is 4.74 Å². The van der Waals surface area contributed by atoms with Crippen LogP contribution in [0.15, 0.2) is 76.9 Å². The zero-order valence-electron chi connectivity index (χ0n) is 20.1. The predicted octanol–water partition coefficient (Wildman–Crippen LogP) is 8.35. The minimum atomic E-state index is 0.297. The first-order valence-electron chi connectivity index (χ1n) is 11.2. The van der Waals surface area contributed by atoms with Crippen LogP contribution in [-0.4, -0.2) is 6.61 Å². The lowest BCUT2D eigenvalue weighted by molar-refractivity contribution is 0.148. The number of benzene rings is 1. The van der Waals surface area contributed by atoms with E-state index in [0.717, 1.165) is 0 Å². The monoisotopic (exact) mass is 404 g/mol. The molecular weight excluding hydrogens is 364 g/mol. The van der Waals surface area contributed by atoms with Crippen molar-refractivity contribution in [1.82, 2.24) is 0 Å². The molecule has 0 unspecified atom stereocenters. The molecule has 1 aliphatic carbocycles. The summed E-state index contributed by atoms with van der Waals surface area (Å²) in [6.07, 6.45) is 17.0. The molecule has 1 aromatic rings. The van der Waals surface area contributed by atoms with E-state index in [1.165, 1.54) is 52.7 Å².